The van der Waals surface area contributed by atoms with Crippen LogP contribution in [0.25, 0.3) is 0 Å². The number of aromatic nitrogens is 1. The number of carbonyl (C=O) groups is 2. The van der Waals surface area contributed by atoms with Gasteiger partial charge >= 0.3 is 34.7 Å². The average Bonchev–Trinajstić information content (AvgIpc) is 2.70. The van der Waals surface area contributed by atoms with Crippen molar-refractivity contribution in [1.29, 1.82) is 0 Å². The molecule has 0 aliphatic carbocycles. The van der Waals surface area contributed by atoms with E-state index in [0.29, 0.717) is 0 Å². The minimum Gasteiger partial charge on any atom is -0.463 e. The van der Waals surface area contributed by atoms with E-state index in [2.05, 4.69) is 14.5 Å². The van der Waals surface area contributed by atoms with Crippen LogP contribution in [-0.4, -0.2) is 60.0 Å². The summed E-state index contributed by atoms with van der Waals surface area (Å²) in [6, 6.07) is 2.19. The first-order valence-corrected chi connectivity index (χ1v) is 10.7. The van der Waals surface area contributed by atoms with Gasteiger partial charge in [-0.15, -0.1) is 0 Å². The van der Waals surface area contributed by atoms with Crippen molar-refractivity contribution in [1.82, 2.24) is 10.3 Å². The lowest BCUT2D eigenvalue weighted by atomic mass is 9.80. The van der Waals surface area contributed by atoms with Gasteiger partial charge in [-0.25, -0.2) is 9.59 Å². The summed E-state index contributed by atoms with van der Waals surface area (Å²) < 4.78 is 123. The molecular formula is C18H18F6N2O8S. The first kappa shape index (κ1) is 29.9. The third-order valence-electron chi connectivity index (χ3n) is 3.96. The van der Waals surface area contributed by atoms with Crippen LogP contribution in [0.2, 0.25) is 0 Å². The number of carbonyl (C=O) groups excluding carboxylic acids is 2. The maximum Gasteiger partial charge on any atom is 0.431 e. The molecule has 0 saturated carbocycles. The van der Waals surface area contributed by atoms with Crippen molar-refractivity contribution in [3.05, 3.63) is 52.6 Å². The number of hydrogen-bond acceptors (Lipinski definition) is 8. The maximum atomic E-state index is 13.7. The number of nitrogens with one attached hydrogen (secondary N) is 1. The number of esters is 2. The fraction of sp³-hybridized carbons (Fsp3) is 0.389. The highest BCUT2D eigenvalue weighted by Gasteiger charge is 2.53. The predicted octanol–water partition coefficient (Wildman–Crippen LogP) is 2.87. The van der Waals surface area contributed by atoms with E-state index in [1.54, 1.807) is 0 Å². The summed E-state index contributed by atoms with van der Waals surface area (Å²) in [5.41, 5.74) is -6.52. The molecule has 196 valence electrons. The molecule has 0 bridgehead atoms. The van der Waals surface area contributed by atoms with Gasteiger partial charge in [-0.2, -0.15) is 34.8 Å². The summed E-state index contributed by atoms with van der Waals surface area (Å²) in [4.78, 5) is 28.5. The van der Waals surface area contributed by atoms with Crippen LogP contribution in [0.3, 0.4) is 0 Å². The average molecular weight is 536 g/mol. The van der Waals surface area contributed by atoms with E-state index in [0.717, 1.165) is 24.5 Å². The van der Waals surface area contributed by atoms with Crippen LogP contribution >= 0.6 is 0 Å². The van der Waals surface area contributed by atoms with Gasteiger partial charge in [-0.3, -0.25) is 14.1 Å². The monoisotopic (exact) mass is 536 g/mol. The Hall–Kier alpha value is -3.18. The topological polar surface area (TPSA) is 152 Å². The van der Waals surface area contributed by atoms with E-state index < -0.39 is 63.1 Å². The summed E-state index contributed by atoms with van der Waals surface area (Å²) >= 11 is 0. The SMILES string of the molecule is CCOC(=O)C1=C(C(F)(F)F)NC(C(F)(F)F)=C(C(=O)OCC)C1c1ccncc1.O=S(=O)(O)O. The van der Waals surface area contributed by atoms with E-state index in [9.17, 15) is 35.9 Å². The van der Waals surface area contributed by atoms with Crippen molar-refractivity contribution in [3.8, 4) is 0 Å². The van der Waals surface area contributed by atoms with Crippen molar-refractivity contribution < 1.29 is 62.9 Å². The Morgan fingerprint density at radius 1 is 0.914 bits per heavy atom. The van der Waals surface area contributed by atoms with Crippen molar-refractivity contribution in [2.45, 2.75) is 32.1 Å². The number of rotatable bonds is 5. The number of pyridine rings is 1. The van der Waals surface area contributed by atoms with Crippen LogP contribution < -0.4 is 5.32 Å². The molecule has 0 amide bonds. The second-order valence-corrected chi connectivity index (χ2v) is 7.20. The molecule has 0 spiro atoms. The Morgan fingerprint density at radius 3 is 1.54 bits per heavy atom. The number of nitrogens with zero attached hydrogens (tertiary/aromatic N) is 1. The number of ether oxygens (including phenoxy) is 2. The van der Waals surface area contributed by atoms with Gasteiger partial charge in [0, 0.05) is 12.4 Å². The summed E-state index contributed by atoms with van der Waals surface area (Å²) in [7, 11) is -4.67. The molecule has 0 atom stereocenters. The van der Waals surface area contributed by atoms with Crippen LogP contribution in [0.4, 0.5) is 26.3 Å². The molecule has 0 saturated heterocycles. The Morgan fingerprint density at radius 2 is 1.26 bits per heavy atom. The fourth-order valence-corrected chi connectivity index (χ4v) is 2.89. The Balaban J connectivity index is 0.00000111. The van der Waals surface area contributed by atoms with Crippen molar-refractivity contribution >= 4 is 22.3 Å². The largest absolute Gasteiger partial charge is 0.463 e. The lowest BCUT2D eigenvalue weighted by Gasteiger charge is -2.33. The number of allylic oxidation sites excluding steroid dienone is 2. The predicted molar refractivity (Wildman–Crippen MR) is 104 cm³/mol. The second kappa shape index (κ2) is 11.5. The normalized spacial score (nSPS) is 15.1. The van der Waals surface area contributed by atoms with Gasteiger partial charge < -0.3 is 14.8 Å². The molecule has 1 aromatic heterocycles. The molecule has 35 heavy (non-hydrogen) atoms. The molecule has 1 aliphatic heterocycles. The number of hydrogen-bond donors (Lipinski definition) is 3. The van der Waals surface area contributed by atoms with E-state index in [1.165, 1.54) is 19.2 Å². The summed E-state index contributed by atoms with van der Waals surface area (Å²) in [6.45, 7) is 1.93. The van der Waals surface area contributed by atoms with E-state index in [4.69, 9.17) is 17.5 Å². The van der Waals surface area contributed by atoms with Gasteiger partial charge in [0.05, 0.1) is 30.3 Å². The smallest absolute Gasteiger partial charge is 0.431 e. The van der Waals surface area contributed by atoms with E-state index >= 15 is 0 Å². The number of alkyl halides is 6. The lowest BCUT2D eigenvalue weighted by Crippen LogP contribution is -2.43. The standard InChI is InChI=1S/C18H16F6N2O4.H2O4S/c1-3-29-15(27)11-10(9-5-7-25-8-6-9)12(16(28)30-4-2)14(18(22,23)24)26-13(11)17(19,20)21;1-5(2,3)4/h5-8,10,26H,3-4H2,1-2H3;(H2,1,2,3,4). The highest BCUT2D eigenvalue weighted by Crippen LogP contribution is 2.46. The third-order valence-corrected chi connectivity index (χ3v) is 3.96. The second-order valence-electron chi connectivity index (χ2n) is 6.30. The minimum atomic E-state index is -5.38. The zero-order chi connectivity index (χ0) is 27.2. The zero-order valence-electron chi connectivity index (χ0n) is 17.8. The Kier molecular flexibility index (Phi) is 9.81. The highest BCUT2D eigenvalue weighted by molar-refractivity contribution is 7.79. The van der Waals surface area contributed by atoms with Crippen molar-refractivity contribution in [2.75, 3.05) is 13.2 Å². The molecule has 0 radical (unpaired) electrons. The van der Waals surface area contributed by atoms with E-state index in [1.807, 2.05) is 0 Å². The summed E-state index contributed by atoms with van der Waals surface area (Å²) in [5.74, 6) is -5.11. The van der Waals surface area contributed by atoms with Crippen molar-refractivity contribution in [3.63, 3.8) is 0 Å². The molecule has 1 aromatic rings. The van der Waals surface area contributed by atoms with Gasteiger partial charge in [0.15, 0.2) is 0 Å². The molecule has 1 aliphatic rings. The first-order valence-electron chi connectivity index (χ1n) is 9.27. The lowest BCUT2D eigenvalue weighted by molar-refractivity contribution is -0.143. The van der Waals surface area contributed by atoms with Gasteiger partial charge in [-0.05, 0) is 31.5 Å². The molecule has 0 unspecified atom stereocenters. The van der Waals surface area contributed by atoms with Gasteiger partial charge in [0.2, 0.25) is 0 Å². The molecule has 3 N–H and O–H groups in total. The van der Waals surface area contributed by atoms with Crippen LogP contribution in [0.1, 0.15) is 25.3 Å². The quantitative estimate of drug-likeness (QED) is 0.291. The summed E-state index contributed by atoms with van der Waals surface area (Å²) in [6.07, 6.45) is -8.57. The molecule has 10 nitrogen and oxygen atoms in total. The molecule has 0 fully saturated rings. The molecular weight excluding hydrogens is 518 g/mol. The van der Waals surface area contributed by atoms with Crippen LogP contribution in [0, 0.1) is 0 Å². The van der Waals surface area contributed by atoms with E-state index in [-0.39, 0.29) is 18.8 Å². The highest BCUT2D eigenvalue weighted by atomic mass is 32.3. The van der Waals surface area contributed by atoms with Crippen LogP contribution in [0.5, 0.6) is 0 Å². The third kappa shape index (κ3) is 8.52. The van der Waals surface area contributed by atoms with Gasteiger partial charge in [0.25, 0.3) is 0 Å². The number of dihydropyridines is 1. The van der Waals surface area contributed by atoms with Crippen LogP contribution in [0.15, 0.2) is 47.1 Å². The number of halogens is 6. The molecule has 2 heterocycles. The molecule has 17 heteroatoms. The molecule has 2 rings (SSSR count). The van der Waals surface area contributed by atoms with Crippen molar-refractivity contribution in [2.24, 2.45) is 0 Å². The van der Waals surface area contributed by atoms with Gasteiger partial charge in [-0.1, -0.05) is 0 Å². The fourth-order valence-electron chi connectivity index (χ4n) is 2.89. The van der Waals surface area contributed by atoms with Crippen LogP contribution in [-0.2, 0) is 29.5 Å². The van der Waals surface area contributed by atoms with Gasteiger partial charge in [0.1, 0.15) is 11.4 Å². The summed E-state index contributed by atoms with van der Waals surface area (Å²) in [5, 5.41) is 1.20. The maximum absolute atomic E-state index is 13.7. The zero-order valence-corrected chi connectivity index (χ0v) is 18.6. The minimum absolute atomic E-state index is 0.207. The Labute approximate surface area is 194 Å². The first-order chi connectivity index (χ1) is 15.9. The Bertz CT molecular complexity index is 1040. The molecule has 0 aromatic carbocycles.